The Morgan fingerprint density at radius 1 is 1.44 bits per heavy atom. The van der Waals surface area contributed by atoms with Gasteiger partial charge in [0.15, 0.2) is 0 Å². The highest BCUT2D eigenvalue weighted by Crippen LogP contribution is 1.97. The molecule has 0 aromatic heterocycles. The summed E-state index contributed by atoms with van der Waals surface area (Å²) >= 11 is 0. The quantitative estimate of drug-likeness (QED) is 0.421. The van der Waals surface area contributed by atoms with Crippen molar-refractivity contribution >= 4 is 0 Å². The Morgan fingerprint density at radius 2 is 2.11 bits per heavy atom. The molecule has 0 fully saturated rings. The third-order valence-electron chi connectivity index (χ3n) is 1.29. The molecular formula is C7H16N2. The zero-order chi connectivity index (χ0) is 7.11. The van der Waals surface area contributed by atoms with Crippen LogP contribution in [0, 0.1) is 0 Å². The molecule has 0 spiro atoms. The molecule has 0 aromatic rings. The number of hydrogen-bond acceptors (Lipinski definition) is 2. The fraction of sp³-hybridized carbons (Fsp3) is 0.714. The van der Waals surface area contributed by atoms with Gasteiger partial charge in [-0.05, 0) is 19.4 Å². The third-order valence-corrected chi connectivity index (χ3v) is 1.29. The maximum atomic E-state index is 5.55. The Balaban J connectivity index is 2.96. The standard InChI is InChI=1S/C7H16N2/c1-2-7(9)5-3-4-6-8/h2,7H,1,3-6,8-9H2. The van der Waals surface area contributed by atoms with Crippen LogP contribution in [-0.4, -0.2) is 12.6 Å². The topological polar surface area (TPSA) is 52.0 Å². The van der Waals surface area contributed by atoms with E-state index < -0.39 is 0 Å². The molecule has 0 saturated carbocycles. The summed E-state index contributed by atoms with van der Waals surface area (Å²) in [6, 6.07) is 0.163. The second-order valence-corrected chi connectivity index (χ2v) is 2.18. The van der Waals surface area contributed by atoms with Crippen LogP contribution in [0.5, 0.6) is 0 Å². The number of unbranched alkanes of at least 4 members (excludes halogenated alkanes) is 1. The first kappa shape index (κ1) is 8.66. The molecule has 1 atom stereocenters. The first-order chi connectivity index (χ1) is 4.31. The molecule has 0 aliphatic carbocycles. The predicted octanol–water partition coefficient (Wildman–Crippen LogP) is 0.629. The summed E-state index contributed by atoms with van der Waals surface area (Å²) < 4.78 is 0. The summed E-state index contributed by atoms with van der Waals surface area (Å²) in [6.45, 7) is 4.35. The molecule has 9 heavy (non-hydrogen) atoms. The second-order valence-electron chi connectivity index (χ2n) is 2.18. The molecule has 2 nitrogen and oxygen atoms in total. The van der Waals surface area contributed by atoms with Crippen LogP contribution in [0.2, 0.25) is 0 Å². The Labute approximate surface area is 56.9 Å². The minimum Gasteiger partial charge on any atom is -0.330 e. The van der Waals surface area contributed by atoms with E-state index in [4.69, 9.17) is 11.5 Å². The van der Waals surface area contributed by atoms with Crippen LogP contribution in [0.4, 0.5) is 0 Å². The van der Waals surface area contributed by atoms with Crippen molar-refractivity contribution in [2.45, 2.75) is 25.3 Å². The van der Waals surface area contributed by atoms with Crippen LogP contribution < -0.4 is 11.5 Å². The summed E-state index contributed by atoms with van der Waals surface area (Å²) in [6.07, 6.45) is 4.97. The molecule has 0 amide bonds. The van der Waals surface area contributed by atoms with Crippen molar-refractivity contribution in [2.24, 2.45) is 11.5 Å². The molecule has 4 N–H and O–H groups in total. The van der Waals surface area contributed by atoms with Crippen molar-refractivity contribution in [1.29, 1.82) is 0 Å². The van der Waals surface area contributed by atoms with Gasteiger partial charge in [-0.2, -0.15) is 0 Å². The maximum absolute atomic E-state index is 5.55. The highest BCUT2D eigenvalue weighted by Gasteiger charge is 1.93. The zero-order valence-electron chi connectivity index (χ0n) is 5.84. The summed E-state index contributed by atoms with van der Waals surface area (Å²) in [5.41, 5.74) is 10.8. The molecule has 0 radical (unpaired) electrons. The molecule has 54 valence electrons. The molecule has 0 heterocycles. The van der Waals surface area contributed by atoms with Gasteiger partial charge in [0.1, 0.15) is 0 Å². The van der Waals surface area contributed by atoms with E-state index >= 15 is 0 Å². The Kier molecular flexibility index (Phi) is 5.57. The van der Waals surface area contributed by atoms with Crippen molar-refractivity contribution in [2.75, 3.05) is 6.54 Å². The maximum Gasteiger partial charge on any atom is 0.0221 e. The van der Waals surface area contributed by atoms with Crippen molar-refractivity contribution in [3.63, 3.8) is 0 Å². The third kappa shape index (κ3) is 5.53. The smallest absolute Gasteiger partial charge is 0.0221 e. The summed E-state index contributed by atoms with van der Waals surface area (Å²) in [7, 11) is 0. The van der Waals surface area contributed by atoms with Gasteiger partial charge in [-0.25, -0.2) is 0 Å². The van der Waals surface area contributed by atoms with Crippen LogP contribution >= 0.6 is 0 Å². The van der Waals surface area contributed by atoms with Gasteiger partial charge >= 0.3 is 0 Å². The van der Waals surface area contributed by atoms with Gasteiger partial charge in [-0.15, -0.1) is 6.58 Å². The second kappa shape index (κ2) is 5.79. The van der Waals surface area contributed by atoms with Crippen molar-refractivity contribution in [3.05, 3.63) is 12.7 Å². The molecule has 0 rings (SSSR count). The van der Waals surface area contributed by atoms with Gasteiger partial charge in [-0.3, -0.25) is 0 Å². The molecule has 0 aliphatic heterocycles. The average molecular weight is 128 g/mol. The van der Waals surface area contributed by atoms with Gasteiger partial charge < -0.3 is 11.5 Å². The predicted molar refractivity (Wildman–Crippen MR) is 41.1 cm³/mol. The highest BCUT2D eigenvalue weighted by atomic mass is 14.6. The van der Waals surface area contributed by atoms with Crippen LogP contribution in [-0.2, 0) is 0 Å². The van der Waals surface area contributed by atoms with Crippen LogP contribution in [0.3, 0.4) is 0 Å². The normalized spacial score (nSPS) is 13.1. The molecule has 0 aliphatic rings. The van der Waals surface area contributed by atoms with Gasteiger partial charge in [0, 0.05) is 6.04 Å². The average Bonchev–Trinajstić information content (AvgIpc) is 1.89. The Morgan fingerprint density at radius 3 is 2.56 bits per heavy atom. The number of hydrogen-bond donors (Lipinski definition) is 2. The fourth-order valence-electron chi connectivity index (χ4n) is 0.642. The van der Waals surface area contributed by atoms with Crippen molar-refractivity contribution in [1.82, 2.24) is 0 Å². The lowest BCUT2D eigenvalue weighted by Gasteiger charge is -2.02. The molecule has 0 bridgehead atoms. The zero-order valence-corrected chi connectivity index (χ0v) is 5.84. The highest BCUT2D eigenvalue weighted by molar-refractivity contribution is 4.81. The van der Waals surface area contributed by atoms with Gasteiger partial charge in [0.25, 0.3) is 0 Å². The molecule has 1 unspecified atom stereocenters. The van der Waals surface area contributed by atoms with E-state index in [1.165, 1.54) is 0 Å². The fourth-order valence-corrected chi connectivity index (χ4v) is 0.642. The SMILES string of the molecule is C=CC(N)CCCCN. The van der Waals surface area contributed by atoms with Gasteiger partial charge in [-0.1, -0.05) is 12.5 Å². The summed E-state index contributed by atoms with van der Waals surface area (Å²) in [5, 5.41) is 0. The van der Waals surface area contributed by atoms with Crippen molar-refractivity contribution < 1.29 is 0 Å². The van der Waals surface area contributed by atoms with E-state index in [1.807, 2.05) is 0 Å². The summed E-state index contributed by atoms with van der Waals surface area (Å²) in [5.74, 6) is 0. The van der Waals surface area contributed by atoms with Crippen LogP contribution in [0.25, 0.3) is 0 Å². The van der Waals surface area contributed by atoms with Crippen LogP contribution in [0.1, 0.15) is 19.3 Å². The Hall–Kier alpha value is -0.340. The number of rotatable bonds is 5. The largest absolute Gasteiger partial charge is 0.330 e. The van der Waals surface area contributed by atoms with Gasteiger partial charge in [0.05, 0.1) is 0 Å². The van der Waals surface area contributed by atoms with Gasteiger partial charge in [0.2, 0.25) is 0 Å². The van der Waals surface area contributed by atoms with E-state index in [9.17, 15) is 0 Å². The summed E-state index contributed by atoms with van der Waals surface area (Å²) in [4.78, 5) is 0. The number of nitrogens with two attached hydrogens (primary N) is 2. The molecular weight excluding hydrogens is 112 g/mol. The molecule has 0 saturated heterocycles. The van der Waals surface area contributed by atoms with E-state index in [0.29, 0.717) is 0 Å². The molecule has 0 aromatic carbocycles. The van der Waals surface area contributed by atoms with E-state index in [1.54, 1.807) is 6.08 Å². The minimum atomic E-state index is 0.163. The monoisotopic (exact) mass is 128 g/mol. The lowest BCUT2D eigenvalue weighted by Crippen LogP contribution is -2.16. The van der Waals surface area contributed by atoms with Crippen molar-refractivity contribution in [3.8, 4) is 0 Å². The Bertz CT molecular complexity index is 71.3. The van der Waals surface area contributed by atoms with E-state index in [2.05, 4.69) is 6.58 Å². The first-order valence-corrected chi connectivity index (χ1v) is 3.39. The molecule has 2 heteroatoms. The minimum absolute atomic E-state index is 0.163. The lowest BCUT2D eigenvalue weighted by molar-refractivity contribution is 0.637. The van der Waals surface area contributed by atoms with E-state index in [-0.39, 0.29) is 6.04 Å². The van der Waals surface area contributed by atoms with E-state index in [0.717, 1.165) is 25.8 Å². The lowest BCUT2D eigenvalue weighted by atomic mass is 10.1. The first-order valence-electron chi connectivity index (χ1n) is 3.39. The van der Waals surface area contributed by atoms with Crippen LogP contribution in [0.15, 0.2) is 12.7 Å².